The molecule has 0 unspecified atom stereocenters. The van der Waals surface area contributed by atoms with Crippen molar-refractivity contribution < 1.29 is 22.8 Å². The Labute approximate surface area is 179 Å². The fraction of sp³-hybridized carbons (Fsp3) is 0.364. The molecule has 1 fully saturated rings. The highest BCUT2D eigenvalue weighted by Crippen LogP contribution is 2.29. The molecule has 164 valence electrons. The van der Waals surface area contributed by atoms with Crippen molar-refractivity contribution in [1.82, 2.24) is 19.9 Å². The van der Waals surface area contributed by atoms with E-state index >= 15 is 0 Å². The van der Waals surface area contributed by atoms with Gasteiger partial charge in [-0.05, 0) is 24.3 Å². The molecule has 0 amide bonds. The van der Waals surface area contributed by atoms with Crippen LogP contribution in [0.2, 0.25) is 0 Å². The number of halogens is 2. The summed E-state index contributed by atoms with van der Waals surface area (Å²) in [5.41, 5.74) is 0.376. The zero-order valence-corrected chi connectivity index (χ0v) is 17.0. The number of aromatic nitrogens is 2. The molecule has 0 aliphatic carbocycles. The molecule has 1 aliphatic rings. The number of nitrogens with zero attached hydrogens (tertiary/aromatic N) is 4. The maximum atomic E-state index is 12.6. The lowest BCUT2D eigenvalue weighted by molar-refractivity contribution is -0.0494. The molecule has 0 bridgehead atoms. The first-order valence-corrected chi connectivity index (χ1v) is 10.2. The van der Waals surface area contributed by atoms with Gasteiger partial charge in [-0.3, -0.25) is 9.80 Å². The maximum Gasteiger partial charge on any atom is 0.387 e. The Hall–Kier alpha value is -3.04. The second-order valence-electron chi connectivity index (χ2n) is 7.17. The fourth-order valence-electron chi connectivity index (χ4n) is 3.45. The average Bonchev–Trinajstić information content (AvgIpc) is 3.24. The van der Waals surface area contributed by atoms with E-state index < -0.39 is 6.61 Å². The number of hydrogen-bond donors (Lipinski definition) is 0. The number of alkyl halides is 2. The van der Waals surface area contributed by atoms with Gasteiger partial charge in [-0.1, -0.05) is 35.5 Å². The predicted octanol–water partition coefficient (Wildman–Crippen LogP) is 3.53. The highest BCUT2D eigenvalue weighted by molar-refractivity contribution is 5.63. The standard InChI is InChI=1S/C22H24F2N4O3/c23-22(24)30-19-9-5-4-8-18(19)21-25-20(31-26-21)16-28-12-10-27(11-13-28)14-15-29-17-6-2-1-3-7-17/h1-9,22H,10-16H2. The van der Waals surface area contributed by atoms with E-state index in [2.05, 4.69) is 24.7 Å². The molecular weight excluding hydrogens is 406 g/mol. The van der Waals surface area contributed by atoms with Crippen LogP contribution in [0.5, 0.6) is 11.5 Å². The van der Waals surface area contributed by atoms with E-state index in [-0.39, 0.29) is 11.6 Å². The first-order chi connectivity index (χ1) is 15.2. The Balaban J connectivity index is 1.25. The van der Waals surface area contributed by atoms with Crippen molar-refractivity contribution in [2.75, 3.05) is 39.3 Å². The number of rotatable bonds is 9. The minimum Gasteiger partial charge on any atom is -0.492 e. The number of para-hydroxylation sites is 2. The fourth-order valence-corrected chi connectivity index (χ4v) is 3.45. The van der Waals surface area contributed by atoms with Gasteiger partial charge in [0.15, 0.2) is 0 Å². The van der Waals surface area contributed by atoms with E-state index in [0.29, 0.717) is 24.6 Å². The molecule has 0 N–H and O–H groups in total. The van der Waals surface area contributed by atoms with Crippen LogP contribution >= 0.6 is 0 Å². The second kappa shape index (κ2) is 10.3. The van der Waals surface area contributed by atoms with Gasteiger partial charge in [-0.25, -0.2) is 0 Å². The molecule has 4 rings (SSSR count). The van der Waals surface area contributed by atoms with Gasteiger partial charge >= 0.3 is 6.61 Å². The van der Waals surface area contributed by atoms with Crippen molar-refractivity contribution in [3.8, 4) is 22.9 Å². The Morgan fingerprint density at radius 2 is 1.65 bits per heavy atom. The highest BCUT2D eigenvalue weighted by Gasteiger charge is 2.20. The highest BCUT2D eigenvalue weighted by atomic mass is 19.3. The van der Waals surface area contributed by atoms with Gasteiger partial charge in [-0.15, -0.1) is 0 Å². The van der Waals surface area contributed by atoms with Crippen molar-refractivity contribution in [1.29, 1.82) is 0 Å². The van der Waals surface area contributed by atoms with Crippen LogP contribution in [0.3, 0.4) is 0 Å². The minimum absolute atomic E-state index is 0.0242. The summed E-state index contributed by atoms with van der Waals surface area (Å²) in [6, 6.07) is 16.2. The molecule has 1 aliphatic heterocycles. The van der Waals surface area contributed by atoms with Crippen LogP contribution < -0.4 is 9.47 Å². The third kappa shape index (κ3) is 5.99. The second-order valence-corrected chi connectivity index (χ2v) is 7.17. The van der Waals surface area contributed by atoms with Gasteiger partial charge in [-0.2, -0.15) is 13.8 Å². The molecule has 1 aromatic heterocycles. The summed E-state index contributed by atoms with van der Waals surface area (Å²) >= 11 is 0. The summed E-state index contributed by atoms with van der Waals surface area (Å²) < 4.78 is 40.9. The Morgan fingerprint density at radius 1 is 0.935 bits per heavy atom. The third-order valence-electron chi connectivity index (χ3n) is 5.06. The first-order valence-electron chi connectivity index (χ1n) is 10.2. The number of ether oxygens (including phenoxy) is 2. The average molecular weight is 430 g/mol. The van der Waals surface area contributed by atoms with Gasteiger partial charge < -0.3 is 14.0 Å². The van der Waals surface area contributed by atoms with Crippen LogP contribution in [0.15, 0.2) is 59.1 Å². The van der Waals surface area contributed by atoms with Crippen molar-refractivity contribution in [3.63, 3.8) is 0 Å². The number of benzene rings is 2. The Morgan fingerprint density at radius 3 is 2.42 bits per heavy atom. The first kappa shape index (κ1) is 21.2. The summed E-state index contributed by atoms with van der Waals surface area (Å²) in [5, 5.41) is 3.94. The van der Waals surface area contributed by atoms with Gasteiger partial charge in [0.25, 0.3) is 0 Å². The number of piperazine rings is 1. The molecule has 0 atom stereocenters. The van der Waals surface area contributed by atoms with Crippen LogP contribution in [-0.2, 0) is 6.54 Å². The van der Waals surface area contributed by atoms with E-state index in [1.807, 2.05) is 30.3 Å². The van der Waals surface area contributed by atoms with Crippen LogP contribution in [0.1, 0.15) is 5.89 Å². The summed E-state index contributed by atoms with van der Waals surface area (Å²) in [7, 11) is 0. The smallest absolute Gasteiger partial charge is 0.387 e. The third-order valence-corrected chi connectivity index (χ3v) is 5.06. The van der Waals surface area contributed by atoms with E-state index in [4.69, 9.17) is 9.26 Å². The van der Waals surface area contributed by atoms with Crippen molar-refractivity contribution in [2.45, 2.75) is 13.2 Å². The molecular formula is C22H24F2N4O3. The zero-order valence-electron chi connectivity index (χ0n) is 17.0. The predicted molar refractivity (Wildman–Crippen MR) is 110 cm³/mol. The van der Waals surface area contributed by atoms with Gasteiger partial charge in [0.1, 0.15) is 18.1 Å². The number of hydrogen-bond acceptors (Lipinski definition) is 7. The van der Waals surface area contributed by atoms with Crippen LogP contribution in [0, 0.1) is 0 Å². The minimum atomic E-state index is -2.91. The normalized spacial score (nSPS) is 15.3. The SMILES string of the molecule is FC(F)Oc1ccccc1-c1noc(CN2CCN(CCOc3ccccc3)CC2)n1. The lowest BCUT2D eigenvalue weighted by Gasteiger charge is -2.33. The topological polar surface area (TPSA) is 63.9 Å². The molecule has 0 radical (unpaired) electrons. The molecule has 2 aromatic carbocycles. The van der Waals surface area contributed by atoms with Gasteiger partial charge in [0, 0.05) is 32.7 Å². The molecule has 3 aromatic rings. The van der Waals surface area contributed by atoms with Crippen molar-refractivity contribution in [3.05, 3.63) is 60.5 Å². The zero-order chi connectivity index (χ0) is 21.5. The molecule has 31 heavy (non-hydrogen) atoms. The summed E-state index contributed by atoms with van der Waals surface area (Å²) in [6.07, 6.45) is 0. The summed E-state index contributed by atoms with van der Waals surface area (Å²) in [5.74, 6) is 1.59. The molecule has 2 heterocycles. The molecule has 9 heteroatoms. The Kier molecular flexibility index (Phi) is 7.06. The molecule has 0 spiro atoms. The van der Waals surface area contributed by atoms with E-state index in [9.17, 15) is 8.78 Å². The van der Waals surface area contributed by atoms with Crippen molar-refractivity contribution in [2.24, 2.45) is 0 Å². The van der Waals surface area contributed by atoms with Crippen LogP contribution in [0.25, 0.3) is 11.4 Å². The maximum absolute atomic E-state index is 12.6. The lowest BCUT2D eigenvalue weighted by atomic mass is 10.2. The monoisotopic (exact) mass is 430 g/mol. The van der Waals surface area contributed by atoms with Gasteiger partial charge in [0.2, 0.25) is 11.7 Å². The van der Waals surface area contributed by atoms with Crippen LogP contribution in [0.4, 0.5) is 8.78 Å². The van der Waals surface area contributed by atoms with E-state index in [1.165, 1.54) is 6.07 Å². The lowest BCUT2D eigenvalue weighted by Crippen LogP contribution is -2.47. The van der Waals surface area contributed by atoms with E-state index in [0.717, 1.165) is 38.5 Å². The van der Waals surface area contributed by atoms with Crippen LogP contribution in [-0.4, -0.2) is 65.9 Å². The van der Waals surface area contributed by atoms with Crippen molar-refractivity contribution >= 4 is 0 Å². The largest absolute Gasteiger partial charge is 0.492 e. The molecule has 0 saturated carbocycles. The van der Waals surface area contributed by atoms with Gasteiger partial charge in [0.05, 0.1) is 12.1 Å². The summed E-state index contributed by atoms with van der Waals surface area (Å²) in [6.45, 7) is 2.70. The quantitative estimate of drug-likeness (QED) is 0.515. The van der Waals surface area contributed by atoms with E-state index in [1.54, 1.807) is 18.2 Å². The molecule has 1 saturated heterocycles. The summed E-state index contributed by atoms with van der Waals surface area (Å²) in [4.78, 5) is 8.95. The molecule has 7 nitrogen and oxygen atoms in total. The Bertz CT molecular complexity index is 947.